The van der Waals surface area contributed by atoms with Crippen molar-refractivity contribution in [2.75, 3.05) is 20.1 Å². The highest BCUT2D eigenvalue weighted by Gasteiger charge is 2.38. The van der Waals surface area contributed by atoms with Gasteiger partial charge in [-0.25, -0.2) is 0 Å². The maximum absolute atomic E-state index is 4.14. The maximum atomic E-state index is 4.14. The maximum Gasteiger partial charge on any atom is 0.0520 e. The Morgan fingerprint density at radius 2 is 2.15 bits per heavy atom. The molecule has 0 radical (unpaired) electrons. The van der Waals surface area contributed by atoms with Gasteiger partial charge in [0.25, 0.3) is 0 Å². The minimum atomic E-state index is 0.410. The molecule has 0 aromatic rings. The normalized spacial score (nSPS) is 35.5. The van der Waals surface area contributed by atoms with Gasteiger partial charge in [0.2, 0.25) is 0 Å². The van der Waals surface area contributed by atoms with E-state index in [2.05, 4.69) is 23.8 Å². The molecule has 1 atom stereocenters. The Morgan fingerprint density at radius 3 is 2.85 bits per heavy atom. The van der Waals surface area contributed by atoms with E-state index in [0.29, 0.717) is 5.54 Å². The SMILES string of the molecule is C=C1CCCC2(CCCNC2)N1C. The van der Waals surface area contributed by atoms with Crippen LogP contribution in [-0.2, 0) is 0 Å². The van der Waals surface area contributed by atoms with Gasteiger partial charge in [-0.2, -0.15) is 0 Å². The Labute approximate surface area is 81.0 Å². The molecule has 1 N–H and O–H groups in total. The third kappa shape index (κ3) is 1.48. The van der Waals surface area contributed by atoms with E-state index >= 15 is 0 Å². The van der Waals surface area contributed by atoms with E-state index in [-0.39, 0.29) is 0 Å². The molecule has 2 nitrogen and oxygen atoms in total. The number of likely N-dealkylation sites (tertiary alicyclic amines) is 1. The number of piperidine rings is 2. The molecule has 2 heteroatoms. The van der Waals surface area contributed by atoms with Crippen molar-refractivity contribution < 1.29 is 0 Å². The van der Waals surface area contributed by atoms with Crippen molar-refractivity contribution in [3.8, 4) is 0 Å². The smallest absolute Gasteiger partial charge is 0.0520 e. The van der Waals surface area contributed by atoms with E-state index < -0.39 is 0 Å². The first-order valence-electron chi connectivity index (χ1n) is 5.37. The quantitative estimate of drug-likeness (QED) is 0.611. The molecule has 74 valence electrons. The summed E-state index contributed by atoms with van der Waals surface area (Å²) in [5.41, 5.74) is 1.74. The summed E-state index contributed by atoms with van der Waals surface area (Å²) in [7, 11) is 2.22. The first-order chi connectivity index (χ1) is 6.25. The molecule has 2 fully saturated rings. The fraction of sp³-hybridized carbons (Fsp3) is 0.818. The van der Waals surface area contributed by atoms with Crippen LogP contribution in [0, 0.1) is 0 Å². The van der Waals surface area contributed by atoms with Gasteiger partial charge >= 0.3 is 0 Å². The molecule has 2 heterocycles. The minimum absolute atomic E-state index is 0.410. The lowest BCUT2D eigenvalue weighted by atomic mass is 9.80. The second-order valence-corrected chi connectivity index (χ2v) is 4.48. The minimum Gasteiger partial charge on any atom is -0.371 e. The molecule has 2 rings (SSSR count). The fourth-order valence-corrected chi connectivity index (χ4v) is 2.74. The van der Waals surface area contributed by atoms with Crippen molar-refractivity contribution in [3.05, 3.63) is 12.3 Å². The highest BCUT2D eigenvalue weighted by molar-refractivity contribution is 5.08. The summed E-state index contributed by atoms with van der Waals surface area (Å²) in [5.74, 6) is 0. The molecule has 2 aliphatic rings. The fourth-order valence-electron chi connectivity index (χ4n) is 2.74. The van der Waals surface area contributed by atoms with Crippen molar-refractivity contribution in [1.82, 2.24) is 10.2 Å². The predicted molar refractivity (Wildman–Crippen MR) is 55.6 cm³/mol. The molecule has 2 saturated heterocycles. The molecule has 13 heavy (non-hydrogen) atoms. The van der Waals surface area contributed by atoms with Gasteiger partial charge in [0, 0.05) is 19.3 Å². The average molecular weight is 180 g/mol. The van der Waals surface area contributed by atoms with Gasteiger partial charge in [-0.3, -0.25) is 0 Å². The summed E-state index contributed by atoms with van der Waals surface area (Å²) in [5, 5.41) is 3.51. The number of allylic oxidation sites excluding steroid dienone is 1. The Morgan fingerprint density at radius 1 is 1.38 bits per heavy atom. The molecule has 1 unspecified atom stereocenters. The van der Waals surface area contributed by atoms with Gasteiger partial charge in [0.1, 0.15) is 0 Å². The lowest BCUT2D eigenvalue weighted by Gasteiger charge is -2.50. The standard InChI is InChI=1S/C11H20N2/c1-10-5-3-6-11(13(10)2)7-4-8-12-9-11/h12H,1,3-9H2,2H3. The van der Waals surface area contributed by atoms with E-state index in [9.17, 15) is 0 Å². The number of likely N-dealkylation sites (N-methyl/N-ethyl adjacent to an activating group) is 1. The number of nitrogens with zero attached hydrogens (tertiary/aromatic N) is 1. The zero-order chi connectivity index (χ0) is 9.31. The highest BCUT2D eigenvalue weighted by Crippen LogP contribution is 2.36. The average Bonchev–Trinajstić information content (AvgIpc) is 2.16. The summed E-state index contributed by atoms with van der Waals surface area (Å²) < 4.78 is 0. The number of hydrogen-bond acceptors (Lipinski definition) is 2. The third-order valence-corrected chi connectivity index (χ3v) is 3.74. The Kier molecular flexibility index (Phi) is 2.33. The monoisotopic (exact) mass is 180 g/mol. The van der Waals surface area contributed by atoms with Crippen LogP contribution in [0.2, 0.25) is 0 Å². The first kappa shape index (κ1) is 9.07. The second-order valence-electron chi connectivity index (χ2n) is 4.48. The number of rotatable bonds is 0. The van der Waals surface area contributed by atoms with E-state index in [1.54, 1.807) is 0 Å². The van der Waals surface area contributed by atoms with Crippen LogP contribution in [0.1, 0.15) is 32.1 Å². The Hall–Kier alpha value is -0.500. The molecule has 0 amide bonds. The van der Waals surface area contributed by atoms with Crippen molar-refractivity contribution in [3.63, 3.8) is 0 Å². The van der Waals surface area contributed by atoms with Crippen LogP contribution in [-0.4, -0.2) is 30.6 Å². The number of hydrogen-bond donors (Lipinski definition) is 1. The van der Waals surface area contributed by atoms with Crippen molar-refractivity contribution in [2.24, 2.45) is 0 Å². The summed E-state index contributed by atoms with van der Waals surface area (Å²) >= 11 is 0. The summed E-state index contributed by atoms with van der Waals surface area (Å²) in [6.07, 6.45) is 6.52. The molecule has 0 saturated carbocycles. The van der Waals surface area contributed by atoms with Crippen molar-refractivity contribution in [2.45, 2.75) is 37.6 Å². The van der Waals surface area contributed by atoms with E-state index in [0.717, 1.165) is 6.54 Å². The van der Waals surface area contributed by atoms with E-state index in [4.69, 9.17) is 0 Å². The molecular formula is C11H20N2. The van der Waals surface area contributed by atoms with Crippen molar-refractivity contribution in [1.29, 1.82) is 0 Å². The third-order valence-electron chi connectivity index (χ3n) is 3.74. The molecule has 1 spiro atoms. The Balaban J connectivity index is 2.13. The van der Waals surface area contributed by atoms with Crippen LogP contribution in [0.15, 0.2) is 12.3 Å². The summed E-state index contributed by atoms with van der Waals surface area (Å²) in [6, 6.07) is 0. The summed E-state index contributed by atoms with van der Waals surface area (Å²) in [4.78, 5) is 2.43. The summed E-state index contributed by atoms with van der Waals surface area (Å²) in [6.45, 7) is 6.49. The zero-order valence-corrected chi connectivity index (χ0v) is 8.60. The van der Waals surface area contributed by atoms with Gasteiger partial charge in [-0.15, -0.1) is 0 Å². The highest BCUT2D eigenvalue weighted by atomic mass is 15.2. The van der Waals surface area contributed by atoms with Gasteiger partial charge < -0.3 is 10.2 Å². The van der Waals surface area contributed by atoms with Crippen LogP contribution in [0.3, 0.4) is 0 Å². The van der Waals surface area contributed by atoms with E-state index in [1.165, 1.54) is 44.3 Å². The van der Waals surface area contributed by atoms with Crippen LogP contribution in [0.5, 0.6) is 0 Å². The van der Waals surface area contributed by atoms with Crippen LogP contribution < -0.4 is 5.32 Å². The second kappa shape index (κ2) is 3.33. The zero-order valence-electron chi connectivity index (χ0n) is 8.60. The molecule has 0 bridgehead atoms. The molecule has 2 aliphatic heterocycles. The van der Waals surface area contributed by atoms with Crippen LogP contribution >= 0.6 is 0 Å². The number of nitrogens with one attached hydrogen (secondary N) is 1. The first-order valence-corrected chi connectivity index (χ1v) is 5.37. The van der Waals surface area contributed by atoms with Gasteiger partial charge in [-0.05, 0) is 38.6 Å². The van der Waals surface area contributed by atoms with Crippen LogP contribution in [0.25, 0.3) is 0 Å². The van der Waals surface area contributed by atoms with E-state index in [1.807, 2.05) is 0 Å². The van der Waals surface area contributed by atoms with Gasteiger partial charge in [0.05, 0.1) is 5.54 Å². The molecule has 0 aromatic heterocycles. The van der Waals surface area contributed by atoms with Crippen LogP contribution in [0.4, 0.5) is 0 Å². The molecule has 0 aliphatic carbocycles. The molecule has 0 aromatic carbocycles. The largest absolute Gasteiger partial charge is 0.371 e. The lowest BCUT2D eigenvalue weighted by Crippen LogP contribution is -2.57. The Bertz CT molecular complexity index is 199. The predicted octanol–water partition coefficient (Wildman–Crippen LogP) is 1.74. The van der Waals surface area contributed by atoms with Crippen molar-refractivity contribution >= 4 is 0 Å². The molecular weight excluding hydrogens is 160 g/mol. The van der Waals surface area contributed by atoms with Gasteiger partial charge in [0.15, 0.2) is 0 Å². The topological polar surface area (TPSA) is 15.3 Å². The lowest BCUT2D eigenvalue weighted by molar-refractivity contribution is 0.0837. The van der Waals surface area contributed by atoms with Gasteiger partial charge in [-0.1, -0.05) is 6.58 Å².